The van der Waals surface area contributed by atoms with E-state index in [1.807, 2.05) is 19.1 Å². The standard InChI is InChI=1S/C9H12BrNOS/c1-7(5-12)6-13-9-3-2-8(10)4-11-9/h2-4,7,12H,5-6H2,1H3. The van der Waals surface area contributed by atoms with Gasteiger partial charge < -0.3 is 5.11 Å². The zero-order valence-electron chi connectivity index (χ0n) is 7.40. The van der Waals surface area contributed by atoms with E-state index >= 15 is 0 Å². The van der Waals surface area contributed by atoms with Gasteiger partial charge in [0.2, 0.25) is 0 Å². The van der Waals surface area contributed by atoms with Crippen molar-refractivity contribution < 1.29 is 5.11 Å². The first-order valence-electron chi connectivity index (χ1n) is 4.07. The van der Waals surface area contributed by atoms with Crippen LogP contribution in [0.2, 0.25) is 0 Å². The number of aromatic nitrogens is 1. The van der Waals surface area contributed by atoms with E-state index in [1.165, 1.54) is 0 Å². The predicted molar refractivity (Wildman–Crippen MR) is 58.9 cm³/mol. The molecule has 1 heterocycles. The molecule has 1 unspecified atom stereocenters. The molecule has 0 saturated carbocycles. The van der Waals surface area contributed by atoms with Gasteiger partial charge in [-0.3, -0.25) is 0 Å². The summed E-state index contributed by atoms with van der Waals surface area (Å²) in [5.74, 6) is 1.24. The fourth-order valence-electron chi connectivity index (χ4n) is 0.728. The van der Waals surface area contributed by atoms with Gasteiger partial charge in [0.1, 0.15) is 0 Å². The highest BCUT2D eigenvalue weighted by atomic mass is 79.9. The summed E-state index contributed by atoms with van der Waals surface area (Å²) in [6.07, 6.45) is 1.78. The van der Waals surface area contributed by atoms with Gasteiger partial charge in [0.25, 0.3) is 0 Å². The van der Waals surface area contributed by atoms with E-state index in [0.29, 0.717) is 5.92 Å². The van der Waals surface area contributed by atoms with Crippen LogP contribution in [0.15, 0.2) is 27.8 Å². The summed E-state index contributed by atoms with van der Waals surface area (Å²) in [6.45, 7) is 2.26. The van der Waals surface area contributed by atoms with Gasteiger partial charge in [0, 0.05) is 23.0 Å². The normalized spacial score (nSPS) is 12.8. The van der Waals surface area contributed by atoms with Gasteiger partial charge in [0.05, 0.1) is 5.03 Å². The van der Waals surface area contributed by atoms with E-state index in [0.717, 1.165) is 15.3 Å². The Hall–Kier alpha value is -0.0600. The highest BCUT2D eigenvalue weighted by Gasteiger charge is 2.01. The molecule has 2 nitrogen and oxygen atoms in total. The Kier molecular flexibility index (Phi) is 4.77. The molecule has 1 aromatic rings. The SMILES string of the molecule is CC(CO)CSc1ccc(Br)cn1. The van der Waals surface area contributed by atoms with Gasteiger partial charge in [-0.25, -0.2) is 4.98 Å². The fraction of sp³-hybridized carbons (Fsp3) is 0.444. The van der Waals surface area contributed by atoms with Crippen molar-refractivity contribution >= 4 is 27.7 Å². The molecule has 1 N–H and O–H groups in total. The quantitative estimate of drug-likeness (QED) is 0.846. The lowest BCUT2D eigenvalue weighted by atomic mass is 10.2. The number of rotatable bonds is 4. The first-order chi connectivity index (χ1) is 6.22. The van der Waals surface area contributed by atoms with Crippen molar-refractivity contribution in [2.75, 3.05) is 12.4 Å². The Balaban J connectivity index is 2.41. The molecule has 1 aromatic heterocycles. The van der Waals surface area contributed by atoms with Crippen molar-refractivity contribution in [2.45, 2.75) is 11.9 Å². The first-order valence-corrected chi connectivity index (χ1v) is 5.85. The van der Waals surface area contributed by atoms with Crippen LogP contribution in [-0.2, 0) is 0 Å². The molecule has 0 bridgehead atoms. The minimum Gasteiger partial charge on any atom is -0.396 e. The van der Waals surface area contributed by atoms with Crippen molar-refractivity contribution in [1.29, 1.82) is 0 Å². The van der Waals surface area contributed by atoms with Gasteiger partial charge in [-0.2, -0.15) is 0 Å². The molecule has 0 aromatic carbocycles. The zero-order valence-corrected chi connectivity index (χ0v) is 9.81. The minimum absolute atomic E-state index is 0.240. The van der Waals surface area contributed by atoms with Gasteiger partial charge in [-0.05, 0) is 34.0 Å². The maximum absolute atomic E-state index is 8.82. The lowest BCUT2D eigenvalue weighted by Gasteiger charge is -2.05. The second-order valence-electron chi connectivity index (χ2n) is 2.91. The number of aliphatic hydroxyl groups is 1. The summed E-state index contributed by atoms with van der Waals surface area (Å²) in [7, 11) is 0. The highest BCUT2D eigenvalue weighted by Crippen LogP contribution is 2.19. The van der Waals surface area contributed by atoms with Crippen molar-refractivity contribution in [2.24, 2.45) is 5.92 Å². The van der Waals surface area contributed by atoms with Crippen LogP contribution in [0, 0.1) is 5.92 Å². The molecule has 0 spiro atoms. The molecular formula is C9H12BrNOS. The molecule has 13 heavy (non-hydrogen) atoms. The van der Waals surface area contributed by atoms with Crippen molar-refractivity contribution in [3.63, 3.8) is 0 Å². The Labute approximate surface area is 90.9 Å². The van der Waals surface area contributed by atoms with Gasteiger partial charge >= 0.3 is 0 Å². The molecule has 1 atom stereocenters. The summed E-state index contributed by atoms with van der Waals surface area (Å²) in [4.78, 5) is 4.22. The molecule has 0 radical (unpaired) electrons. The minimum atomic E-state index is 0.240. The molecule has 72 valence electrons. The molecule has 0 fully saturated rings. The summed E-state index contributed by atoms with van der Waals surface area (Å²) in [5, 5.41) is 9.82. The third-order valence-corrected chi connectivity index (χ3v) is 3.27. The van der Waals surface area contributed by atoms with Crippen LogP contribution in [0.4, 0.5) is 0 Å². The fourth-order valence-corrected chi connectivity index (χ4v) is 1.81. The molecule has 0 amide bonds. The zero-order chi connectivity index (χ0) is 9.68. The maximum atomic E-state index is 8.82. The number of nitrogens with zero attached hydrogens (tertiary/aromatic N) is 1. The van der Waals surface area contributed by atoms with Crippen LogP contribution in [0.1, 0.15) is 6.92 Å². The molecule has 4 heteroatoms. The highest BCUT2D eigenvalue weighted by molar-refractivity contribution is 9.10. The third-order valence-electron chi connectivity index (χ3n) is 1.53. The van der Waals surface area contributed by atoms with Gasteiger partial charge in [-0.15, -0.1) is 11.8 Å². The maximum Gasteiger partial charge on any atom is 0.0960 e. The second kappa shape index (κ2) is 5.62. The number of thioether (sulfide) groups is 1. The van der Waals surface area contributed by atoms with Crippen LogP contribution in [0.5, 0.6) is 0 Å². The summed E-state index contributed by atoms with van der Waals surface area (Å²) in [5.41, 5.74) is 0. The summed E-state index contributed by atoms with van der Waals surface area (Å²) < 4.78 is 0.993. The summed E-state index contributed by atoms with van der Waals surface area (Å²) >= 11 is 5.00. The number of hydrogen-bond donors (Lipinski definition) is 1. The smallest absolute Gasteiger partial charge is 0.0960 e. The van der Waals surface area contributed by atoms with Crippen molar-refractivity contribution in [3.05, 3.63) is 22.8 Å². The third kappa shape index (κ3) is 4.11. The number of aliphatic hydroxyl groups excluding tert-OH is 1. The first kappa shape index (κ1) is 11.0. The van der Waals surface area contributed by atoms with Crippen LogP contribution < -0.4 is 0 Å². The topological polar surface area (TPSA) is 33.1 Å². The Morgan fingerprint density at radius 1 is 1.62 bits per heavy atom. The molecule has 0 aliphatic carbocycles. The average molecular weight is 262 g/mol. The number of halogens is 1. The van der Waals surface area contributed by atoms with Gasteiger partial charge in [-0.1, -0.05) is 6.92 Å². The van der Waals surface area contributed by atoms with Crippen molar-refractivity contribution in [1.82, 2.24) is 4.98 Å². The average Bonchev–Trinajstić information content (AvgIpc) is 2.16. The predicted octanol–water partition coefficient (Wildman–Crippen LogP) is 2.56. The van der Waals surface area contributed by atoms with Crippen LogP contribution in [-0.4, -0.2) is 22.5 Å². The van der Waals surface area contributed by atoms with E-state index in [9.17, 15) is 0 Å². The van der Waals surface area contributed by atoms with Crippen LogP contribution >= 0.6 is 27.7 Å². The Morgan fingerprint density at radius 2 is 2.38 bits per heavy atom. The lowest BCUT2D eigenvalue weighted by molar-refractivity contribution is 0.250. The van der Waals surface area contributed by atoms with E-state index in [-0.39, 0.29) is 6.61 Å². The molecule has 0 aliphatic rings. The Bertz CT molecular complexity index is 252. The monoisotopic (exact) mass is 261 g/mol. The van der Waals surface area contributed by atoms with E-state index in [2.05, 4.69) is 20.9 Å². The van der Waals surface area contributed by atoms with Gasteiger partial charge in [0.15, 0.2) is 0 Å². The largest absolute Gasteiger partial charge is 0.396 e. The molecule has 0 aliphatic heterocycles. The molecule has 1 rings (SSSR count). The second-order valence-corrected chi connectivity index (χ2v) is 4.87. The summed E-state index contributed by atoms with van der Waals surface area (Å²) in [6, 6.07) is 3.94. The lowest BCUT2D eigenvalue weighted by Crippen LogP contribution is -2.03. The van der Waals surface area contributed by atoms with Crippen LogP contribution in [0.25, 0.3) is 0 Å². The van der Waals surface area contributed by atoms with Crippen LogP contribution in [0.3, 0.4) is 0 Å². The molecule has 0 saturated heterocycles. The van der Waals surface area contributed by atoms with Crippen molar-refractivity contribution in [3.8, 4) is 0 Å². The Morgan fingerprint density at radius 3 is 2.92 bits per heavy atom. The molecular weight excluding hydrogens is 250 g/mol. The van der Waals surface area contributed by atoms with E-state index < -0.39 is 0 Å². The number of pyridine rings is 1. The van der Waals surface area contributed by atoms with E-state index in [4.69, 9.17) is 5.11 Å². The van der Waals surface area contributed by atoms with E-state index in [1.54, 1.807) is 18.0 Å². The number of hydrogen-bond acceptors (Lipinski definition) is 3.